The Bertz CT molecular complexity index is 844. The zero-order chi connectivity index (χ0) is 20.3. The summed E-state index contributed by atoms with van der Waals surface area (Å²) in [6.07, 6.45) is 7.38. The number of likely N-dealkylation sites (tertiary alicyclic amines) is 2. The van der Waals surface area contributed by atoms with Crippen LogP contribution in [0.4, 0.5) is 0 Å². The highest BCUT2D eigenvalue weighted by molar-refractivity contribution is 6.30. The number of hydrogen-bond acceptors (Lipinski definition) is 4. The number of amides is 1. The maximum atomic E-state index is 13.1. The van der Waals surface area contributed by atoms with Crippen LogP contribution in [0.25, 0.3) is 0 Å². The number of pyridine rings is 1. The van der Waals surface area contributed by atoms with Crippen LogP contribution < -0.4 is 5.73 Å². The van der Waals surface area contributed by atoms with Crippen LogP contribution in [0.15, 0.2) is 48.8 Å². The predicted molar refractivity (Wildman–Crippen MR) is 130 cm³/mol. The zero-order valence-electron chi connectivity index (χ0n) is 17.6. The van der Waals surface area contributed by atoms with Crippen molar-refractivity contribution in [1.82, 2.24) is 14.8 Å². The lowest BCUT2D eigenvalue weighted by molar-refractivity contribution is -0.138. The van der Waals surface area contributed by atoms with E-state index in [1.807, 2.05) is 47.5 Å². The largest absolute Gasteiger partial charge is 0.338 e. The van der Waals surface area contributed by atoms with Crippen molar-refractivity contribution < 1.29 is 4.79 Å². The van der Waals surface area contributed by atoms with Crippen LogP contribution in [0.2, 0.25) is 5.02 Å². The normalized spacial score (nSPS) is 19.0. The SMILES string of the molecule is Cl.Cl.NC(CCN1CCC2(CC1)CCN(Cc1cccnc1)C2=O)c1cccc(Cl)c1. The number of carbonyl (C=O) groups excluding carboxylic acids is 1. The molecule has 2 saturated heterocycles. The first kappa shape index (κ1) is 25.9. The first-order valence-electron chi connectivity index (χ1n) is 10.5. The van der Waals surface area contributed by atoms with Gasteiger partial charge in [0.25, 0.3) is 0 Å². The summed E-state index contributed by atoms with van der Waals surface area (Å²) >= 11 is 6.08. The number of halogens is 3. The lowest BCUT2D eigenvalue weighted by Crippen LogP contribution is -2.45. The van der Waals surface area contributed by atoms with E-state index in [1.165, 1.54) is 0 Å². The van der Waals surface area contributed by atoms with Gasteiger partial charge in [-0.25, -0.2) is 0 Å². The average molecular weight is 486 g/mol. The Hall–Kier alpha value is -1.37. The van der Waals surface area contributed by atoms with Gasteiger partial charge in [-0.3, -0.25) is 9.78 Å². The van der Waals surface area contributed by atoms with Gasteiger partial charge in [0.05, 0.1) is 5.41 Å². The molecular formula is C23H31Cl3N4O. The van der Waals surface area contributed by atoms with Gasteiger partial charge < -0.3 is 15.5 Å². The summed E-state index contributed by atoms with van der Waals surface area (Å²) in [5, 5.41) is 0.730. The lowest BCUT2D eigenvalue weighted by atomic mass is 9.77. The van der Waals surface area contributed by atoms with E-state index in [4.69, 9.17) is 17.3 Å². The fourth-order valence-corrected chi connectivity index (χ4v) is 4.85. The molecule has 1 spiro atoms. The number of carbonyl (C=O) groups is 1. The number of rotatable bonds is 6. The minimum atomic E-state index is -0.159. The highest BCUT2D eigenvalue weighted by Gasteiger charge is 2.47. The maximum Gasteiger partial charge on any atom is 0.229 e. The molecule has 0 radical (unpaired) electrons. The number of nitrogens with zero attached hydrogens (tertiary/aromatic N) is 3. The molecule has 0 saturated carbocycles. The second-order valence-electron chi connectivity index (χ2n) is 8.41. The molecule has 1 unspecified atom stereocenters. The minimum absolute atomic E-state index is 0. The van der Waals surface area contributed by atoms with E-state index in [0.717, 1.165) is 68.0 Å². The third-order valence-electron chi connectivity index (χ3n) is 6.54. The topological polar surface area (TPSA) is 62.5 Å². The van der Waals surface area contributed by atoms with Crippen LogP contribution in [0.5, 0.6) is 0 Å². The van der Waals surface area contributed by atoms with E-state index in [2.05, 4.69) is 9.88 Å². The van der Waals surface area contributed by atoms with Gasteiger partial charge in [-0.15, -0.1) is 24.8 Å². The summed E-state index contributed by atoms with van der Waals surface area (Å²) in [4.78, 5) is 21.8. The quantitative estimate of drug-likeness (QED) is 0.655. The second kappa shape index (κ2) is 11.5. The van der Waals surface area contributed by atoms with Crippen LogP contribution in [0.3, 0.4) is 0 Å². The fraction of sp³-hybridized carbons (Fsp3) is 0.478. The third-order valence-corrected chi connectivity index (χ3v) is 6.78. The first-order chi connectivity index (χ1) is 14.1. The molecule has 1 aromatic heterocycles. The Morgan fingerprint density at radius 3 is 2.52 bits per heavy atom. The van der Waals surface area contributed by atoms with Crippen molar-refractivity contribution in [2.75, 3.05) is 26.2 Å². The molecular weight excluding hydrogens is 455 g/mol. The van der Waals surface area contributed by atoms with Crippen molar-refractivity contribution in [2.45, 2.75) is 38.3 Å². The Morgan fingerprint density at radius 2 is 1.84 bits per heavy atom. The highest BCUT2D eigenvalue weighted by atomic mass is 35.5. The molecule has 170 valence electrons. The molecule has 1 aromatic carbocycles. The van der Waals surface area contributed by atoms with E-state index in [1.54, 1.807) is 6.20 Å². The van der Waals surface area contributed by atoms with Crippen molar-refractivity contribution in [3.05, 3.63) is 64.9 Å². The van der Waals surface area contributed by atoms with Gasteiger partial charge in [0.15, 0.2) is 0 Å². The molecule has 2 aliphatic heterocycles. The summed E-state index contributed by atoms with van der Waals surface area (Å²) in [6, 6.07) is 11.8. The van der Waals surface area contributed by atoms with E-state index in [0.29, 0.717) is 12.5 Å². The summed E-state index contributed by atoms with van der Waals surface area (Å²) in [6.45, 7) is 4.42. The average Bonchev–Trinajstić information content (AvgIpc) is 3.04. The van der Waals surface area contributed by atoms with Crippen LogP contribution in [-0.4, -0.2) is 46.9 Å². The van der Waals surface area contributed by atoms with Gasteiger partial charge in [-0.05, 0) is 74.6 Å². The summed E-state index contributed by atoms with van der Waals surface area (Å²) in [5.41, 5.74) is 8.39. The zero-order valence-corrected chi connectivity index (χ0v) is 20.0. The highest BCUT2D eigenvalue weighted by Crippen LogP contribution is 2.42. The van der Waals surface area contributed by atoms with Gasteiger partial charge in [-0.2, -0.15) is 0 Å². The Balaban J connectivity index is 0.00000171. The lowest BCUT2D eigenvalue weighted by Gasteiger charge is -2.38. The molecule has 8 heteroatoms. The van der Waals surface area contributed by atoms with Gasteiger partial charge >= 0.3 is 0 Å². The first-order valence-corrected chi connectivity index (χ1v) is 10.9. The van der Waals surface area contributed by atoms with Crippen molar-refractivity contribution >= 4 is 42.3 Å². The van der Waals surface area contributed by atoms with Gasteiger partial charge in [0.2, 0.25) is 5.91 Å². The van der Waals surface area contributed by atoms with Crippen molar-refractivity contribution in [1.29, 1.82) is 0 Å². The molecule has 1 amide bonds. The predicted octanol–water partition coefficient (Wildman–Crippen LogP) is 4.48. The van der Waals surface area contributed by atoms with Crippen LogP contribution in [0.1, 0.15) is 42.9 Å². The number of nitrogens with two attached hydrogens (primary N) is 1. The molecule has 0 aliphatic carbocycles. The molecule has 2 aliphatic rings. The Kier molecular flexibility index (Phi) is 9.59. The van der Waals surface area contributed by atoms with Crippen LogP contribution in [0, 0.1) is 5.41 Å². The fourth-order valence-electron chi connectivity index (χ4n) is 4.65. The standard InChI is InChI=1S/C23H29ClN4O.2ClH/c24-20-5-1-4-19(15-20)21(25)6-11-27-12-7-23(8-13-27)9-14-28(22(23)29)17-18-3-2-10-26-16-18;;/h1-5,10,15-16,21H,6-9,11-14,17,25H2;2*1H. The molecule has 5 nitrogen and oxygen atoms in total. The van der Waals surface area contributed by atoms with E-state index >= 15 is 0 Å². The minimum Gasteiger partial charge on any atom is -0.338 e. The van der Waals surface area contributed by atoms with Crippen molar-refractivity contribution in [3.63, 3.8) is 0 Å². The van der Waals surface area contributed by atoms with E-state index < -0.39 is 0 Å². The Morgan fingerprint density at radius 1 is 1.10 bits per heavy atom. The summed E-state index contributed by atoms with van der Waals surface area (Å²) in [5.74, 6) is 0.330. The van der Waals surface area contributed by atoms with E-state index in [-0.39, 0.29) is 36.3 Å². The summed E-state index contributed by atoms with van der Waals surface area (Å²) < 4.78 is 0. The molecule has 1 atom stereocenters. The van der Waals surface area contributed by atoms with Gasteiger partial charge in [0.1, 0.15) is 0 Å². The van der Waals surface area contributed by atoms with E-state index in [9.17, 15) is 4.79 Å². The number of piperidine rings is 1. The number of aromatic nitrogens is 1. The van der Waals surface area contributed by atoms with Crippen LogP contribution >= 0.6 is 36.4 Å². The summed E-state index contributed by atoms with van der Waals surface area (Å²) in [7, 11) is 0. The van der Waals surface area contributed by atoms with Crippen molar-refractivity contribution in [2.24, 2.45) is 11.1 Å². The van der Waals surface area contributed by atoms with Gasteiger partial charge in [-0.1, -0.05) is 29.8 Å². The monoisotopic (exact) mass is 484 g/mol. The molecule has 31 heavy (non-hydrogen) atoms. The Labute approximate surface area is 202 Å². The molecule has 4 rings (SSSR count). The smallest absolute Gasteiger partial charge is 0.229 e. The molecule has 2 N–H and O–H groups in total. The number of hydrogen-bond donors (Lipinski definition) is 1. The second-order valence-corrected chi connectivity index (χ2v) is 8.85. The maximum absolute atomic E-state index is 13.1. The van der Waals surface area contributed by atoms with Crippen LogP contribution in [-0.2, 0) is 11.3 Å². The molecule has 2 fully saturated rings. The molecule has 0 bridgehead atoms. The molecule has 3 heterocycles. The van der Waals surface area contributed by atoms with Gasteiger partial charge in [0, 0.05) is 36.5 Å². The number of benzene rings is 1. The molecule has 2 aromatic rings. The van der Waals surface area contributed by atoms with Crippen molar-refractivity contribution in [3.8, 4) is 0 Å². The third kappa shape index (κ3) is 6.11.